The largest absolute Gasteiger partial charge is 0.493 e. The lowest BCUT2D eigenvalue weighted by Gasteiger charge is -2.12. The fourth-order valence-corrected chi connectivity index (χ4v) is 4.42. The molecule has 1 aromatic heterocycles. The van der Waals surface area contributed by atoms with Gasteiger partial charge >= 0.3 is 5.97 Å². The fourth-order valence-electron chi connectivity index (χ4n) is 4.42. The minimum atomic E-state index is -0.262. The SMILES string of the molecule is CCCCNc1ccc(C(=O)OCCN(C)C)cc1.COc1ccc(Cc2nccc3cc(OC)c(OC)cc23)cc1OC.Cl.Cl. The van der Waals surface area contributed by atoms with Crippen LogP contribution < -0.4 is 24.3 Å². The molecule has 0 saturated carbocycles. The second kappa shape index (κ2) is 21.0. The molecular weight excluding hydrogens is 629 g/mol. The molecule has 0 radical (unpaired) electrons. The van der Waals surface area contributed by atoms with E-state index in [1.165, 1.54) is 6.42 Å². The molecule has 0 amide bonds. The van der Waals surface area contributed by atoms with E-state index >= 15 is 0 Å². The quantitative estimate of drug-likeness (QED) is 0.109. The number of esters is 1. The van der Waals surface area contributed by atoms with Crippen molar-refractivity contribution in [1.82, 2.24) is 9.88 Å². The van der Waals surface area contributed by atoms with Gasteiger partial charge in [0.25, 0.3) is 0 Å². The lowest BCUT2D eigenvalue weighted by molar-refractivity contribution is 0.0482. The molecule has 0 unspecified atom stereocenters. The maximum Gasteiger partial charge on any atom is 0.338 e. The molecule has 0 aliphatic rings. The third-order valence-electron chi connectivity index (χ3n) is 6.92. The topological polar surface area (TPSA) is 91.4 Å². The zero-order chi connectivity index (χ0) is 31.9. The van der Waals surface area contributed by atoms with Gasteiger partial charge in [-0.2, -0.15) is 0 Å². The molecule has 3 aromatic carbocycles. The second-order valence-electron chi connectivity index (χ2n) is 10.3. The highest BCUT2D eigenvalue weighted by atomic mass is 35.5. The first-order valence-electron chi connectivity index (χ1n) is 14.7. The van der Waals surface area contributed by atoms with Gasteiger partial charge in [0.2, 0.25) is 0 Å². The summed E-state index contributed by atoms with van der Waals surface area (Å²) in [5, 5.41) is 5.41. The number of carbonyl (C=O) groups excluding carboxylic acids is 1. The van der Waals surface area contributed by atoms with Crippen LogP contribution in [0.1, 0.15) is 41.4 Å². The predicted octanol–water partition coefficient (Wildman–Crippen LogP) is 7.32. The predicted molar refractivity (Wildman–Crippen MR) is 190 cm³/mol. The molecule has 9 nitrogen and oxygen atoms in total. The van der Waals surface area contributed by atoms with E-state index in [1.54, 1.807) is 40.6 Å². The van der Waals surface area contributed by atoms with Crippen molar-refractivity contribution in [2.75, 3.05) is 67.5 Å². The second-order valence-corrected chi connectivity index (χ2v) is 10.3. The molecule has 4 rings (SSSR count). The van der Waals surface area contributed by atoms with Crippen LogP contribution in [0, 0.1) is 0 Å². The first-order chi connectivity index (χ1) is 21.3. The van der Waals surface area contributed by atoms with E-state index in [4.69, 9.17) is 23.7 Å². The Labute approximate surface area is 285 Å². The first-order valence-corrected chi connectivity index (χ1v) is 14.7. The number of methoxy groups -OCH3 is 4. The molecule has 1 heterocycles. The van der Waals surface area contributed by atoms with Gasteiger partial charge in [0.05, 0.1) is 39.7 Å². The first kappa shape index (κ1) is 40.1. The van der Waals surface area contributed by atoms with E-state index < -0.39 is 0 Å². The van der Waals surface area contributed by atoms with Crippen molar-refractivity contribution in [1.29, 1.82) is 0 Å². The van der Waals surface area contributed by atoms with Crippen molar-refractivity contribution in [3.8, 4) is 23.0 Å². The molecule has 46 heavy (non-hydrogen) atoms. The van der Waals surface area contributed by atoms with E-state index in [1.807, 2.05) is 73.7 Å². The van der Waals surface area contributed by atoms with Crippen LogP contribution in [-0.4, -0.2) is 78.1 Å². The number of unbranched alkanes of at least 4 members (excludes halogenated alkanes) is 1. The van der Waals surface area contributed by atoms with Gasteiger partial charge in [0.1, 0.15) is 6.61 Å². The number of anilines is 1. The molecule has 0 bridgehead atoms. The molecule has 252 valence electrons. The van der Waals surface area contributed by atoms with Crippen molar-refractivity contribution in [3.63, 3.8) is 0 Å². The van der Waals surface area contributed by atoms with Crippen LogP contribution in [0.4, 0.5) is 5.69 Å². The number of nitrogens with one attached hydrogen (secondary N) is 1. The van der Waals surface area contributed by atoms with Crippen molar-refractivity contribution in [2.24, 2.45) is 0 Å². The van der Waals surface area contributed by atoms with Gasteiger partial charge in [-0.3, -0.25) is 4.98 Å². The molecule has 4 aromatic rings. The Morgan fingerprint density at radius 3 is 2.04 bits per heavy atom. The minimum Gasteiger partial charge on any atom is -0.493 e. The number of aromatic nitrogens is 1. The normalized spacial score (nSPS) is 10.1. The van der Waals surface area contributed by atoms with Crippen LogP contribution in [0.2, 0.25) is 0 Å². The molecule has 0 spiro atoms. The molecule has 11 heteroatoms. The molecule has 1 N–H and O–H groups in total. The Hall–Kier alpha value is -3.92. The summed E-state index contributed by atoms with van der Waals surface area (Å²) in [6, 6.07) is 19.2. The maximum atomic E-state index is 11.7. The van der Waals surface area contributed by atoms with E-state index in [9.17, 15) is 4.79 Å². The van der Waals surface area contributed by atoms with Crippen LogP contribution in [0.25, 0.3) is 10.8 Å². The summed E-state index contributed by atoms with van der Waals surface area (Å²) in [6.07, 6.45) is 4.80. The summed E-state index contributed by atoms with van der Waals surface area (Å²) < 4.78 is 26.7. The summed E-state index contributed by atoms with van der Waals surface area (Å²) in [4.78, 5) is 18.3. The number of pyridine rings is 1. The Balaban J connectivity index is 0.000000458. The number of fused-ring (bicyclic) bond motifs is 1. The summed E-state index contributed by atoms with van der Waals surface area (Å²) in [5.74, 6) is 2.56. The third kappa shape index (κ3) is 11.8. The van der Waals surface area contributed by atoms with Crippen LogP contribution >= 0.6 is 24.8 Å². The van der Waals surface area contributed by atoms with Crippen molar-refractivity contribution < 1.29 is 28.5 Å². The van der Waals surface area contributed by atoms with Crippen molar-refractivity contribution >= 4 is 47.2 Å². The van der Waals surface area contributed by atoms with Gasteiger partial charge in [-0.05, 0) is 86.1 Å². The minimum absolute atomic E-state index is 0. The number of ether oxygens (including phenoxy) is 5. The van der Waals surface area contributed by atoms with Gasteiger partial charge in [0, 0.05) is 36.8 Å². The standard InChI is InChI=1S/C20H21NO4.C15H24N2O2.2ClH/c1-22-17-6-5-13(10-18(17)23-2)9-16-15-12-20(25-4)19(24-3)11-14(15)7-8-21-16;1-4-5-10-16-14-8-6-13(7-9-14)15(18)19-12-11-17(2)3;;/h5-8,10-12H,9H2,1-4H3;6-9,16H,4-5,10-12H2,1-3H3;2*1H. The van der Waals surface area contributed by atoms with Gasteiger partial charge < -0.3 is 33.9 Å². The molecule has 0 aliphatic carbocycles. The van der Waals surface area contributed by atoms with Gasteiger partial charge in [-0.1, -0.05) is 19.4 Å². The molecule has 0 fully saturated rings. The zero-order valence-corrected chi connectivity index (χ0v) is 29.4. The average molecular weight is 677 g/mol. The molecule has 0 aliphatic heterocycles. The molecular formula is C35H47Cl2N3O6. The highest BCUT2D eigenvalue weighted by molar-refractivity contribution is 5.90. The number of likely N-dealkylation sites (N-methyl/N-ethyl adjacent to an activating group) is 1. The summed E-state index contributed by atoms with van der Waals surface area (Å²) in [7, 11) is 10.4. The van der Waals surface area contributed by atoms with Crippen LogP contribution in [0.15, 0.2) is 66.9 Å². The summed E-state index contributed by atoms with van der Waals surface area (Å²) in [5.41, 5.74) is 3.69. The number of carbonyl (C=O) groups is 1. The van der Waals surface area contributed by atoms with Crippen molar-refractivity contribution in [2.45, 2.75) is 26.2 Å². The summed E-state index contributed by atoms with van der Waals surface area (Å²) in [6.45, 7) is 4.28. The Morgan fingerprint density at radius 1 is 0.804 bits per heavy atom. The van der Waals surface area contributed by atoms with E-state index in [0.717, 1.165) is 47.2 Å². The van der Waals surface area contributed by atoms with Crippen LogP contribution in [-0.2, 0) is 11.2 Å². The van der Waals surface area contributed by atoms with Gasteiger partial charge in [0.15, 0.2) is 23.0 Å². The lowest BCUT2D eigenvalue weighted by atomic mass is 10.0. The third-order valence-corrected chi connectivity index (χ3v) is 6.92. The van der Waals surface area contributed by atoms with E-state index in [2.05, 4.69) is 17.2 Å². The lowest BCUT2D eigenvalue weighted by Crippen LogP contribution is -2.20. The van der Waals surface area contributed by atoms with Crippen LogP contribution in [0.5, 0.6) is 23.0 Å². The Bertz CT molecular complexity index is 1490. The van der Waals surface area contributed by atoms with Gasteiger partial charge in [-0.25, -0.2) is 4.79 Å². The number of hydrogen-bond acceptors (Lipinski definition) is 9. The number of hydrogen-bond donors (Lipinski definition) is 1. The molecule has 0 atom stereocenters. The average Bonchev–Trinajstić information content (AvgIpc) is 3.04. The smallest absolute Gasteiger partial charge is 0.338 e. The Morgan fingerprint density at radius 2 is 1.43 bits per heavy atom. The maximum absolute atomic E-state index is 11.7. The van der Waals surface area contributed by atoms with Crippen LogP contribution in [0.3, 0.4) is 0 Å². The van der Waals surface area contributed by atoms with Crippen molar-refractivity contribution in [3.05, 3.63) is 83.7 Å². The van der Waals surface area contributed by atoms with E-state index in [-0.39, 0.29) is 30.8 Å². The molecule has 0 saturated heterocycles. The zero-order valence-electron chi connectivity index (χ0n) is 27.8. The highest BCUT2D eigenvalue weighted by Crippen LogP contribution is 2.34. The summed E-state index contributed by atoms with van der Waals surface area (Å²) >= 11 is 0. The van der Waals surface area contributed by atoms with E-state index in [0.29, 0.717) is 41.6 Å². The number of rotatable bonds is 14. The fraction of sp³-hybridized carbons (Fsp3) is 0.371. The monoisotopic (exact) mass is 675 g/mol. The number of halogens is 2. The highest BCUT2D eigenvalue weighted by Gasteiger charge is 2.12. The number of nitrogens with zero attached hydrogens (tertiary/aromatic N) is 2. The van der Waals surface area contributed by atoms with Gasteiger partial charge in [-0.15, -0.1) is 24.8 Å². The number of benzene rings is 3. The Kier molecular flexibility index (Phi) is 18.3.